The molecule has 0 bridgehead atoms. The molecule has 2 aromatic heterocycles. The molecule has 2 aliphatic rings. The lowest BCUT2D eigenvalue weighted by Crippen LogP contribution is -2.51. The van der Waals surface area contributed by atoms with Crippen LogP contribution < -0.4 is 0 Å². The molecule has 0 aromatic carbocycles. The highest BCUT2D eigenvalue weighted by Gasteiger charge is 2.41. The number of aryl methyl sites for hydroxylation is 1. The summed E-state index contributed by atoms with van der Waals surface area (Å²) in [5.41, 5.74) is 0.480. The molecule has 0 N–H and O–H groups in total. The van der Waals surface area contributed by atoms with Gasteiger partial charge >= 0.3 is 0 Å². The van der Waals surface area contributed by atoms with Crippen LogP contribution in [0, 0.1) is 5.92 Å². The zero-order chi connectivity index (χ0) is 19.6. The van der Waals surface area contributed by atoms with Crippen LogP contribution in [0.15, 0.2) is 17.0 Å². The van der Waals surface area contributed by atoms with Crippen LogP contribution in [0.25, 0.3) is 0 Å². The van der Waals surface area contributed by atoms with E-state index in [-0.39, 0.29) is 11.5 Å². The summed E-state index contributed by atoms with van der Waals surface area (Å²) in [6.07, 6.45) is 7.74. The average Bonchev–Trinajstić information content (AvgIpc) is 3.31. The maximum Gasteiger partial charge on any atom is 0.272 e. The lowest BCUT2D eigenvalue weighted by molar-refractivity contribution is -0.123. The number of piperidine rings is 1. The first-order chi connectivity index (χ1) is 13.6. The summed E-state index contributed by atoms with van der Waals surface area (Å²) in [7, 11) is 3.45. The molecule has 1 amide bonds. The van der Waals surface area contributed by atoms with Crippen molar-refractivity contribution in [2.45, 2.75) is 44.3 Å². The van der Waals surface area contributed by atoms with Crippen molar-refractivity contribution in [1.82, 2.24) is 24.6 Å². The van der Waals surface area contributed by atoms with Crippen molar-refractivity contribution in [2.24, 2.45) is 13.0 Å². The second kappa shape index (κ2) is 8.00. The van der Waals surface area contributed by atoms with Gasteiger partial charge in [-0.05, 0) is 31.6 Å². The quantitative estimate of drug-likeness (QED) is 0.766. The summed E-state index contributed by atoms with van der Waals surface area (Å²) in [6.45, 7) is 2.49. The predicted molar refractivity (Wildman–Crippen MR) is 98.5 cm³/mol. The van der Waals surface area contributed by atoms with Crippen molar-refractivity contribution in [3.63, 3.8) is 0 Å². The fraction of sp³-hybridized carbons (Fsp3) is 0.684. The summed E-state index contributed by atoms with van der Waals surface area (Å²) in [4.78, 5) is 23.1. The first kappa shape index (κ1) is 19.1. The number of carbonyl (C=O) groups excluding carboxylic acids is 1. The van der Waals surface area contributed by atoms with Crippen molar-refractivity contribution < 1.29 is 18.8 Å². The number of nitrogens with zero attached hydrogens (tertiary/aromatic N) is 5. The molecule has 152 valence electrons. The Balaban J connectivity index is 1.34. The number of hydrogen-bond donors (Lipinski definition) is 0. The number of hydrogen-bond acceptors (Lipinski definition) is 7. The molecule has 2 fully saturated rings. The van der Waals surface area contributed by atoms with Gasteiger partial charge in [-0.2, -0.15) is 4.98 Å². The molecule has 1 atom stereocenters. The molecule has 28 heavy (non-hydrogen) atoms. The Morgan fingerprint density at radius 1 is 1.39 bits per heavy atom. The van der Waals surface area contributed by atoms with Crippen LogP contribution in [0.5, 0.6) is 0 Å². The number of carbonyl (C=O) groups is 1. The van der Waals surface area contributed by atoms with E-state index in [1.807, 2.05) is 11.9 Å². The fourth-order valence-electron chi connectivity index (χ4n) is 4.31. The number of likely N-dealkylation sites (tertiary alicyclic amines) is 1. The largest absolute Gasteiger partial charge is 0.375 e. The Kier molecular flexibility index (Phi) is 5.45. The molecule has 2 aliphatic heterocycles. The van der Waals surface area contributed by atoms with Crippen molar-refractivity contribution in [3.8, 4) is 0 Å². The van der Waals surface area contributed by atoms with Gasteiger partial charge in [0.05, 0.1) is 18.1 Å². The molecule has 2 saturated heterocycles. The smallest absolute Gasteiger partial charge is 0.272 e. The number of methoxy groups -OCH3 is 1. The topological polar surface area (TPSA) is 95.5 Å². The summed E-state index contributed by atoms with van der Waals surface area (Å²) in [6, 6.07) is 0. The second-order valence-electron chi connectivity index (χ2n) is 7.81. The third kappa shape index (κ3) is 3.95. The number of ether oxygens (including phenoxy) is 2. The van der Waals surface area contributed by atoms with E-state index in [9.17, 15) is 4.79 Å². The summed E-state index contributed by atoms with van der Waals surface area (Å²) >= 11 is 0. The van der Waals surface area contributed by atoms with Crippen LogP contribution in [0.1, 0.15) is 47.9 Å². The van der Waals surface area contributed by atoms with Crippen LogP contribution in [-0.2, 0) is 29.5 Å². The van der Waals surface area contributed by atoms with Crippen molar-refractivity contribution in [3.05, 3.63) is 29.9 Å². The van der Waals surface area contributed by atoms with Crippen molar-refractivity contribution in [2.75, 3.05) is 26.8 Å². The Labute approximate surface area is 164 Å². The normalized spacial score (nSPS) is 21.9. The number of aromatic nitrogens is 4. The highest BCUT2D eigenvalue weighted by Crippen LogP contribution is 2.38. The fourth-order valence-corrected chi connectivity index (χ4v) is 4.31. The van der Waals surface area contributed by atoms with Crippen molar-refractivity contribution in [1.29, 1.82) is 0 Å². The Bertz CT molecular complexity index is 809. The van der Waals surface area contributed by atoms with E-state index < -0.39 is 0 Å². The van der Waals surface area contributed by atoms with E-state index >= 15 is 0 Å². The first-order valence-corrected chi connectivity index (χ1v) is 9.78. The van der Waals surface area contributed by atoms with Gasteiger partial charge in [0.15, 0.2) is 5.82 Å². The van der Waals surface area contributed by atoms with Gasteiger partial charge in [-0.25, -0.2) is 4.98 Å². The SMILES string of the molecule is COCc1nc(CC2CCOC3(CCN(C(=O)c4cncn4C)CC3)C2)no1. The zero-order valence-electron chi connectivity index (χ0n) is 16.5. The van der Waals surface area contributed by atoms with Crippen LogP contribution >= 0.6 is 0 Å². The molecule has 1 spiro atoms. The Morgan fingerprint density at radius 2 is 2.21 bits per heavy atom. The third-order valence-electron chi connectivity index (χ3n) is 5.84. The van der Waals surface area contributed by atoms with Crippen LogP contribution in [0.4, 0.5) is 0 Å². The van der Waals surface area contributed by atoms with Crippen LogP contribution in [-0.4, -0.2) is 62.9 Å². The summed E-state index contributed by atoms with van der Waals surface area (Å²) in [5, 5.41) is 4.07. The molecule has 2 aromatic rings. The standard InChI is InChI=1S/C19H27N5O4/c1-23-13-20-11-15(23)18(25)24-6-4-19(5-7-24)10-14(3-8-27-19)9-16-21-17(12-26-2)28-22-16/h11,13-14H,3-10,12H2,1-2H3. The highest BCUT2D eigenvalue weighted by atomic mass is 16.5. The van der Waals surface area contributed by atoms with Crippen LogP contribution in [0.3, 0.4) is 0 Å². The Hall–Kier alpha value is -2.26. The van der Waals surface area contributed by atoms with Crippen LogP contribution in [0.2, 0.25) is 0 Å². The van der Waals surface area contributed by atoms with E-state index in [1.54, 1.807) is 24.2 Å². The van der Waals surface area contributed by atoms with Gasteiger partial charge in [0, 0.05) is 40.3 Å². The van der Waals surface area contributed by atoms with Gasteiger partial charge in [-0.15, -0.1) is 0 Å². The van der Waals surface area contributed by atoms with Gasteiger partial charge in [0.25, 0.3) is 11.8 Å². The summed E-state index contributed by atoms with van der Waals surface area (Å²) < 4.78 is 18.2. The maximum absolute atomic E-state index is 12.7. The summed E-state index contributed by atoms with van der Waals surface area (Å²) in [5.74, 6) is 1.75. The first-order valence-electron chi connectivity index (χ1n) is 9.78. The molecule has 1 unspecified atom stereocenters. The van der Waals surface area contributed by atoms with Gasteiger partial charge in [0.1, 0.15) is 12.3 Å². The highest BCUT2D eigenvalue weighted by molar-refractivity contribution is 5.92. The van der Waals surface area contributed by atoms with Crippen molar-refractivity contribution >= 4 is 5.91 Å². The minimum absolute atomic E-state index is 0.0414. The molecule has 9 nitrogen and oxygen atoms in total. The molecule has 9 heteroatoms. The average molecular weight is 389 g/mol. The van der Waals surface area contributed by atoms with E-state index in [2.05, 4.69) is 15.1 Å². The number of rotatable bonds is 5. The predicted octanol–water partition coefficient (Wildman–Crippen LogP) is 1.59. The molecular formula is C19H27N5O4. The van der Waals surface area contributed by atoms with E-state index in [4.69, 9.17) is 14.0 Å². The Morgan fingerprint density at radius 3 is 2.93 bits per heavy atom. The molecule has 4 rings (SSSR count). The molecular weight excluding hydrogens is 362 g/mol. The molecule has 0 saturated carbocycles. The lowest BCUT2D eigenvalue weighted by atomic mass is 9.78. The van der Waals surface area contributed by atoms with E-state index in [1.165, 1.54) is 0 Å². The zero-order valence-corrected chi connectivity index (χ0v) is 16.5. The lowest BCUT2D eigenvalue weighted by Gasteiger charge is -2.46. The number of imidazole rings is 1. The van der Waals surface area contributed by atoms with E-state index in [0.29, 0.717) is 37.2 Å². The second-order valence-corrected chi connectivity index (χ2v) is 7.81. The molecule has 0 aliphatic carbocycles. The monoisotopic (exact) mass is 389 g/mol. The van der Waals surface area contributed by atoms with E-state index in [0.717, 1.165) is 44.5 Å². The minimum Gasteiger partial charge on any atom is -0.375 e. The molecule has 0 radical (unpaired) electrons. The van der Waals surface area contributed by atoms with Gasteiger partial charge in [-0.1, -0.05) is 5.16 Å². The minimum atomic E-state index is -0.148. The maximum atomic E-state index is 12.7. The molecule has 4 heterocycles. The van der Waals surface area contributed by atoms with Gasteiger partial charge in [-0.3, -0.25) is 4.79 Å². The van der Waals surface area contributed by atoms with Gasteiger partial charge in [0.2, 0.25) is 0 Å². The van der Waals surface area contributed by atoms with Gasteiger partial charge < -0.3 is 23.5 Å². The third-order valence-corrected chi connectivity index (χ3v) is 5.84. The number of amides is 1.